The smallest absolute Gasteiger partial charge is 0.306 e. The Labute approximate surface area is 73.0 Å². The maximum Gasteiger partial charge on any atom is 0.306 e. The molecule has 0 saturated carbocycles. The lowest BCUT2D eigenvalue weighted by Gasteiger charge is -2.39. The van der Waals surface area contributed by atoms with E-state index in [2.05, 4.69) is 0 Å². The topological polar surface area (TPSA) is 35.5 Å². The third kappa shape index (κ3) is 1.97. The average molecular weight is 172 g/mol. The monoisotopic (exact) mass is 172 g/mol. The molecule has 0 aromatic heterocycles. The summed E-state index contributed by atoms with van der Waals surface area (Å²) in [6.07, 6.45) is 2.21. The van der Waals surface area contributed by atoms with Crippen molar-refractivity contribution in [2.75, 3.05) is 13.2 Å². The highest BCUT2D eigenvalue weighted by Gasteiger charge is 2.40. The second-order valence-electron chi connectivity index (χ2n) is 3.25. The van der Waals surface area contributed by atoms with E-state index in [4.69, 9.17) is 9.47 Å². The van der Waals surface area contributed by atoms with Gasteiger partial charge in [0, 0.05) is 6.42 Å². The predicted octanol–water partition coefficient (Wildman–Crippen LogP) is 1.51. The van der Waals surface area contributed by atoms with Gasteiger partial charge in [0.15, 0.2) is 5.60 Å². The lowest BCUT2D eigenvalue weighted by molar-refractivity contribution is -0.214. The van der Waals surface area contributed by atoms with Crippen molar-refractivity contribution in [2.24, 2.45) is 0 Å². The molecule has 0 N–H and O–H groups in total. The summed E-state index contributed by atoms with van der Waals surface area (Å²) < 4.78 is 10.3. The van der Waals surface area contributed by atoms with Crippen molar-refractivity contribution in [3.8, 4) is 0 Å². The fourth-order valence-corrected chi connectivity index (χ4v) is 1.16. The van der Waals surface area contributed by atoms with Gasteiger partial charge in [-0.25, -0.2) is 0 Å². The van der Waals surface area contributed by atoms with Gasteiger partial charge in [-0.3, -0.25) is 4.79 Å². The van der Waals surface area contributed by atoms with Crippen LogP contribution in [0.5, 0.6) is 0 Å². The summed E-state index contributed by atoms with van der Waals surface area (Å²) in [5.74, 6) is -0.0948. The largest absolute Gasteiger partial charge is 0.454 e. The second-order valence-corrected chi connectivity index (χ2v) is 3.25. The highest BCUT2D eigenvalue weighted by molar-refractivity contribution is 5.69. The lowest BCUT2D eigenvalue weighted by atomic mass is 9.99. The molecule has 1 aliphatic heterocycles. The van der Waals surface area contributed by atoms with Crippen molar-refractivity contribution in [1.82, 2.24) is 0 Å². The first-order valence-electron chi connectivity index (χ1n) is 4.52. The number of rotatable bonds is 4. The summed E-state index contributed by atoms with van der Waals surface area (Å²) in [5, 5.41) is 0. The molecule has 0 aromatic carbocycles. The first-order valence-corrected chi connectivity index (χ1v) is 4.52. The number of carbonyl (C=O) groups excluding carboxylic acids is 1. The molecule has 1 fully saturated rings. The van der Waals surface area contributed by atoms with Crippen molar-refractivity contribution in [3.63, 3.8) is 0 Å². The van der Waals surface area contributed by atoms with Crippen LogP contribution in [0.25, 0.3) is 0 Å². The van der Waals surface area contributed by atoms with Gasteiger partial charge in [-0.05, 0) is 12.8 Å². The normalized spacial score (nSPS) is 19.8. The Bertz CT molecular complexity index is 156. The van der Waals surface area contributed by atoms with E-state index < -0.39 is 0 Å². The van der Waals surface area contributed by atoms with Crippen LogP contribution in [0.15, 0.2) is 0 Å². The van der Waals surface area contributed by atoms with E-state index in [0.29, 0.717) is 19.6 Å². The zero-order valence-electron chi connectivity index (χ0n) is 7.76. The minimum Gasteiger partial charge on any atom is -0.454 e. The average Bonchev–Trinajstić information content (AvgIpc) is 1.97. The lowest BCUT2D eigenvalue weighted by Crippen LogP contribution is -2.52. The highest BCUT2D eigenvalue weighted by Crippen LogP contribution is 2.26. The summed E-state index contributed by atoms with van der Waals surface area (Å²) in [5.41, 5.74) is -0.285. The molecule has 3 heteroatoms. The zero-order chi connectivity index (χ0) is 9.03. The molecular weight excluding hydrogens is 156 g/mol. The van der Waals surface area contributed by atoms with Crippen molar-refractivity contribution < 1.29 is 14.3 Å². The quantitative estimate of drug-likeness (QED) is 0.603. The van der Waals surface area contributed by atoms with Crippen LogP contribution in [0, 0.1) is 0 Å². The van der Waals surface area contributed by atoms with E-state index in [1.54, 1.807) is 0 Å². The van der Waals surface area contributed by atoms with Crippen LogP contribution < -0.4 is 0 Å². The van der Waals surface area contributed by atoms with Crippen LogP contribution in [-0.2, 0) is 14.3 Å². The Morgan fingerprint density at radius 1 is 1.50 bits per heavy atom. The van der Waals surface area contributed by atoms with Gasteiger partial charge in [0.2, 0.25) is 0 Å². The van der Waals surface area contributed by atoms with Gasteiger partial charge >= 0.3 is 5.97 Å². The molecule has 1 rings (SSSR count). The molecule has 1 saturated heterocycles. The number of carbonyl (C=O) groups is 1. The molecule has 3 nitrogen and oxygen atoms in total. The molecule has 0 amide bonds. The third-order valence-corrected chi connectivity index (χ3v) is 2.16. The fourth-order valence-electron chi connectivity index (χ4n) is 1.16. The van der Waals surface area contributed by atoms with Gasteiger partial charge < -0.3 is 9.47 Å². The second kappa shape index (κ2) is 3.90. The van der Waals surface area contributed by atoms with Crippen LogP contribution in [0.3, 0.4) is 0 Å². The van der Waals surface area contributed by atoms with E-state index in [0.717, 1.165) is 12.8 Å². The van der Waals surface area contributed by atoms with Crippen molar-refractivity contribution in [2.45, 2.75) is 38.7 Å². The summed E-state index contributed by atoms with van der Waals surface area (Å²) in [6, 6.07) is 0. The molecular formula is C9H16O3. The molecule has 0 radical (unpaired) electrons. The highest BCUT2D eigenvalue weighted by atomic mass is 16.6. The molecule has 70 valence electrons. The first kappa shape index (κ1) is 9.52. The van der Waals surface area contributed by atoms with Crippen LogP contribution in [-0.4, -0.2) is 24.8 Å². The molecule has 12 heavy (non-hydrogen) atoms. The number of hydrogen-bond acceptors (Lipinski definition) is 3. The van der Waals surface area contributed by atoms with E-state index in [1.165, 1.54) is 0 Å². The van der Waals surface area contributed by atoms with Gasteiger partial charge in [0.1, 0.15) is 0 Å². The van der Waals surface area contributed by atoms with Crippen LogP contribution in [0.1, 0.15) is 33.1 Å². The molecule has 0 aliphatic carbocycles. The Morgan fingerprint density at radius 3 is 2.50 bits per heavy atom. The maximum atomic E-state index is 11.1. The Balaban J connectivity index is 2.32. The van der Waals surface area contributed by atoms with Crippen molar-refractivity contribution in [1.29, 1.82) is 0 Å². The minimum atomic E-state index is -0.285. The summed E-state index contributed by atoms with van der Waals surface area (Å²) in [6.45, 7) is 5.12. The molecule has 0 atom stereocenters. The van der Waals surface area contributed by atoms with E-state index in [1.807, 2.05) is 13.8 Å². The van der Waals surface area contributed by atoms with Gasteiger partial charge in [-0.2, -0.15) is 0 Å². The van der Waals surface area contributed by atoms with E-state index in [9.17, 15) is 4.79 Å². The van der Waals surface area contributed by atoms with Gasteiger partial charge in [-0.15, -0.1) is 0 Å². The molecule has 1 aliphatic rings. The van der Waals surface area contributed by atoms with Gasteiger partial charge in [-0.1, -0.05) is 13.8 Å². The minimum absolute atomic E-state index is 0.0948. The van der Waals surface area contributed by atoms with Crippen LogP contribution >= 0.6 is 0 Å². The van der Waals surface area contributed by atoms with Crippen molar-refractivity contribution >= 4 is 5.97 Å². The SMILES string of the molecule is CCCC(=O)OC1(CC)COC1. The van der Waals surface area contributed by atoms with E-state index in [-0.39, 0.29) is 11.6 Å². The molecule has 0 bridgehead atoms. The first-order chi connectivity index (χ1) is 5.72. The van der Waals surface area contributed by atoms with E-state index >= 15 is 0 Å². The van der Waals surface area contributed by atoms with Crippen LogP contribution in [0.2, 0.25) is 0 Å². The Hall–Kier alpha value is -0.570. The summed E-state index contributed by atoms with van der Waals surface area (Å²) in [4.78, 5) is 11.1. The fraction of sp³-hybridized carbons (Fsp3) is 0.889. The molecule has 1 heterocycles. The van der Waals surface area contributed by atoms with Crippen LogP contribution in [0.4, 0.5) is 0 Å². The maximum absolute atomic E-state index is 11.1. The molecule has 0 spiro atoms. The van der Waals surface area contributed by atoms with Gasteiger partial charge in [0.05, 0.1) is 13.2 Å². The third-order valence-electron chi connectivity index (χ3n) is 2.16. The zero-order valence-corrected chi connectivity index (χ0v) is 7.76. The van der Waals surface area contributed by atoms with Gasteiger partial charge in [0.25, 0.3) is 0 Å². The Morgan fingerprint density at radius 2 is 2.17 bits per heavy atom. The number of esters is 1. The predicted molar refractivity (Wildman–Crippen MR) is 44.8 cm³/mol. The van der Waals surface area contributed by atoms with Crippen molar-refractivity contribution in [3.05, 3.63) is 0 Å². The summed E-state index contributed by atoms with van der Waals surface area (Å²) >= 11 is 0. The standard InChI is InChI=1S/C9H16O3/c1-3-5-8(10)12-9(4-2)6-11-7-9/h3-7H2,1-2H3. The summed E-state index contributed by atoms with van der Waals surface area (Å²) in [7, 11) is 0. The number of hydrogen-bond donors (Lipinski definition) is 0. The molecule has 0 aromatic rings. The molecule has 0 unspecified atom stereocenters. The Kier molecular flexibility index (Phi) is 3.09. The number of ether oxygens (including phenoxy) is 2.